The van der Waals surface area contributed by atoms with E-state index in [1.807, 2.05) is 44.2 Å². The number of aliphatic hydroxyl groups is 1. The van der Waals surface area contributed by atoms with E-state index in [0.717, 1.165) is 22.4 Å². The predicted molar refractivity (Wildman–Crippen MR) is 75.5 cm³/mol. The van der Waals surface area contributed by atoms with Crippen molar-refractivity contribution in [1.82, 2.24) is 4.98 Å². The van der Waals surface area contributed by atoms with Gasteiger partial charge in [0.15, 0.2) is 0 Å². The fourth-order valence-electron chi connectivity index (χ4n) is 1.69. The molecule has 4 nitrogen and oxygen atoms in total. The maximum absolute atomic E-state index is 9.73. The summed E-state index contributed by atoms with van der Waals surface area (Å²) < 4.78 is 0. The molecule has 0 spiro atoms. The highest BCUT2D eigenvalue weighted by molar-refractivity contribution is 5.83. The number of pyridine rings is 1. The van der Waals surface area contributed by atoms with Gasteiger partial charge in [0, 0.05) is 17.6 Å². The van der Waals surface area contributed by atoms with E-state index in [4.69, 9.17) is 5.73 Å². The van der Waals surface area contributed by atoms with Gasteiger partial charge in [0.1, 0.15) is 5.82 Å². The molecule has 0 fully saturated rings. The lowest BCUT2D eigenvalue weighted by Gasteiger charge is -2.15. The van der Waals surface area contributed by atoms with Crippen molar-refractivity contribution in [3.8, 4) is 0 Å². The van der Waals surface area contributed by atoms with Crippen molar-refractivity contribution < 1.29 is 5.11 Å². The van der Waals surface area contributed by atoms with Gasteiger partial charge in [-0.3, -0.25) is 0 Å². The Labute approximate surface area is 107 Å². The Morgan fingerprint density at radius 1 is 1.28 bits per heavy atom. The first-order valence-corrected chi connectivity index (χ1v) is 6.14. The van der Waals surface area contributed by atoms with Crippen LogP contribution in [0.2, 0.25) is 0 Å². The maximum Gasteiger partial charge on any atom is 0.126 e. The van der Waals surface area contributed by atoms with Crippen molar-refractivity contribution in [1.29, 1.82) is 0 Å². The molecule has 4 N–H and O–H groups in total. The van der Waals surface area contributed by atoms with Crippen molar-refractivity contribution >= 4 is 22.4 Å². The number of fused-ring (bicyclic) bond motifs is 1. The molecule has 18 heavy (non-hydrogen) atoms. The molecule has 0 aliphatic carbocycles. The molecule has 0 aliphatic rings. The Morgan fingerprint density at radius 3 is 2.78 bits per heavy atom. The molecule has 0 aliphatic heterocycles. The van der Waals surface area contributed by atoms with Crippen molar-refractivity contribution in [2.75, 3.05) is 17.6 Å². The van der Waals surface area contributed by atoms with Gasteiger partial charge in [-0.2, -0.15) is 0 Å². The van der Waals surface area contributed by atoms with E-state index in [2.05, 4.69) is 10.3 Å². The minimum Gasteiger partial charge on any atom is -0.399 e. The highest BCUT2D eigenvalue weighted by atomic mass is 16.3. The summed E-state index contributed by atoms with van der Waals surface area (Å²) in [5.74, 6) is 1.00. The highest BCUT2D eigenvalue weighted by Gasteiger charge is 2.08. The number of nitrogens with one attached hydrogen (secondary N) is 1. The summed E-state index contributed by atoms with van der Waals surface area (Å²) in [6.45, 7) is 4.48. The molecule has 0 bridgehead atoms. The normalized spacial score (nSPS) is 12.9. The molecule has 0 amide bonds. The van der Waals surface area contributed by atoms with Crippen molar-refractivity contribution in [3.63, 3.8) is 0 Å². The van der Waals surface area contributed by atoms with Crippen molar-refractivity contribution in [3.05, 3.63) is 30.3 Å². The smallest absolute Gasteiger partial charge is 0.126 e. The molecule has 0 saturated carbocycles. The average molecular weight is 245 g/mol. The van der Waals surface area contributed by atoms with E-state index < -0.39 is 0 Å². The molecule has 1 aromatic carbocycles. The monoisotopic (exact) mass is 245 g/mol. The topological polar surface area (TPSA) is 71.2 Å². The number of aromatic nitrogens is 1. The average Bonchev–Trinajstić information content (AvgIpc) is 2.35. The van der Waals surface area contributed by atoms with E-state index in [1.165, 1.54) is 0 Å². The Hall–Kier alpha value is -1.81. The molecule has 1 unspecified atom stereocenters. The van der Waals surface area contributed by atoms with Crippen LogP contribution in [-0.2, 0) is 0 Å². The largest absolute Gasteiger partial charge is 0.399 e. The number of hydrogen-bond donors (Lipinski definition) is 3. The van der Waals surface area contributed by atoms with Crippen LogP contribution in [0.5, 0.6) is 0 Å². The molecule has 4 heteroatoms. The van der Waals surface area contributed by atoms with Gasteiger partial charge in [-0.15, -0.1) is 0 Å². The molecule has 0 radical (unpaired) electrons. The van der Waals surface area contributed by atoms with Gasteiger partial charge >= 0.3 is 0 Å². The van der Waals surface area contributed by atoms with Gasteiger partial charge < -0.3 is 16.2 Å². The summed E-state index contributed by atoms with van der Waals surface area (Å²) in [4.78, 5) is 4.47. The van der Waals surface area contributed by atoms with Gasteiger partial charge in [0.2, 0.25) is 0 Å². The van der Waals surface area contributed by atoms with Crippen LogP contribution in [0.15, 0.2) is 30.3 Å². The minimum absolute atomic E-state index is 0.234. The van der Waals surface area contributed by atoms with Crippen LogP contribution in [0.4, 0.5) is 11.5 Å². The summed E-state index contributed by atoms with van der Waals surface area (Å²) >= 11 is 0. The molecule has 1 atom stereocenters. The first kappa shape index (κ1) is 12.6. The molecular formula is C14H19N3O. The van der Waals surface area contributed by atoms with Crippen LogP contribution in [0.25, 0.3) is 10.9 Å². The summed E-state index contributed by atoms with van der Waals surface area (Å²) in [5, 5.41) is 13.9. The van der Waals surface area contributed by atoms with Crippen LogP contribution >= 0.6 is 0 Å². The third-order valence-electron chi connectivity index (χ3n) is 2.98. The Morgan fingerprint density at radius 2 is 2.06 bits per heavy atom. The SMILES string of the molecule is CC(C)C(O)CNc1ccc2cc(N)ccc2n1. The maximum atomic E-state index is 9.73. The van der Waals surface area contributed by atoms with Crippen LogP contribution < -0.4 is 11.1 Å². The van der Waals surface area contributed by atoms with Crippen molar-refractivity contribution in [2.45, 2.75) is 20.0 Å². The molecule has 96 valence electrons. The van der Waals surface area contributed by atoms with Crippen LogP contribution in [0, 0.1) is 5.92 Å². The van der Waals surface area contributed by atoms with Gasteiger partial charge in [0.25, 0.3) is 0 Å². The van der Waals surface area contributed by atoms with Gasteiger partial charge in [-0.05, 0) is 36.2 Å². The van der Waals surface area contributed by atoms with Gasteiger partial charge in [0.05, 0.1) is 11.6 Å². The first-order valence-electron chi connectivity index (χ1n) is 6.14. The number of hydrogen-bond acceptors (Lipinski definition) is 4. The number of nitrogens with two attached hydrogens (primary N) is 1. The number of nitrogens with zero attached hydrogens (tertiary/aromatic N) is 1. The van der Waals surface area contributed by atoms with Crippen LogP contribution in [0.3, 0.4) is 0 Å². The third-order valence-corrected chi connectivity index (χ3v) is 2.98. The minimum atomic E-state index is -0.367. The number of rotatable bonds is 4. The lowest BCUT2D eigenvalue weighted by atomic mass is 10.1. The second-order valence-corrected chi connectivity index (χ2v) is 4.84. The summed E-state index contributed by atoms with van der Waals surface area (Å²) in [5.41, 5.74) is 7.35. The van der Waals surface area contributed by atoms with E-state index in [0.29, 0.717) is 6.54 Å². The van der Waals surface area contributed by atoms with Gasteiger partial charge in [-0.1, -0.05) is 13.8 Å². The number of aliphatic hydroxyl groups excluding tert-OH is 1. The zero-order valence-electron chi connectivity index (χ0n) is 10.7. The molecule has 1 heterocycles. The Kier molecular flexibility index (Phi) is 3.67. The van der Waals surface area contributed by atoms with E-state index >= 15 is 0 Å². The standard InChI is InChI=1S/C14H19N3O/c1-9(2)13(18)8-16-14-6-3-10-7-11(15)4-5-12(10)17-14/h3-7,9,13,18H,8,15H2,1-2H3,(H,16,17). The summed E-state index contributed by atoms with van der Waals surface area (Å²) in [6.07, 6.45) is -0.367. The molecule has 0 saturated heterocycles. The lowest BCUT2D eigenvalue weighted by Crippen LogP contribution is -2.25. The fraction of sp³-hybridized carbons (Fsp3) is 0.357. The predicted octanol–water partition coefficient (Wildman–Crippen LogP) is 2.25. The molecule has 1 aromatic heterocycles. The van der Waals surface area contributed by atoms with E-state index in [9.17, 15) is 5.11 Å². The summed E-state index contributed by atoms with van der Waals surface area (Å²) in [7, 11) is 0. The molecular weight excluding hydrogens is 226 g/mol. The van der Waals surface area contributed by atoms with Crippen LogP contribution in [0.1, 0.15) is 13.8 Å². The number of anilines is 2. The molecule has 2 aromatic rings. The third kappa shape index (κ3) is 2.90. The zero-order valence-corrected chi connectivity index (χ0v) is 10.7. The first-order chi connectivity index (χ1) is 8.56. The Bertz CT molecular complexity index is 540. The van der Waals surface area contributed by atoms with Gasteiger partial charge in [-0.25, -0.2) is 4.98 Å². The Balaban J connectivity index is 2.13. The number of nitrogen functional groups attached to an aromatic ring is 1. The fourth-order valence-corrected chi connectivity index (χ4v) is 1.69. The van der Waals surface area contributed by atoms with Crippen LogP contribution in [-0.4, -0.2) is 22.7 Å². The highest BCUT2D eigenvalue weighted by Crippen LogP contribution is 2.18. The second-order valence-electron chi connectivity index (χ2n) is 4.84. The zero-order chi connectivity index (χ0) is 13.1. The second kappa shape index (κ2) is 5.23. The quantitative estimate of drug-likeness (QED) is 0.722. The van der Waals surface area contributed by atoms with E-state index in [1.54, 1.807) is 0 Å². The lowest BCUT2D eigenvalue weighted by molar-refractivity contribution is 0.138. The number of benzene rings is 1. The van der Waals surface area contributed by atoms with E-state index in [-0.39, 0.29) is 12.0 Å². The molecule has 2 rings (SSSR count). The van der Waals surface area contributed by atoms with Crippen molar-refractivity contribution in [2.24, 2.45) is 5.92 Å². The summed E-state index contributed by atoms with van der Waals surface area (Å²) in [6, 6.07) is 9.50.